The molecule has 2 N–H and O–H groups in total. The summed E-state index contributed by atoms with van der Waals surface area (Å²) in [6.07, 6.45) is 3.31. The number of carbonyl (C=O) groups is 1. The minimum absolute atomic E-state index is 0.0366. The molecule has 0 atom stereocenters. The zero-order valence-corrected chi connectivity index (χ0v) is 13.2. The van der Waals surface area contributed by atoms with Crippen molar-refractivity contribution in [1.29, 1.82) is 0 Å². The van der Waals surface area contributed by atoms with Crippen molar-refractivity contribution in [3.63, 3.8) is 0 Å². The van der Waals surface area contributed by atoms with E-state index in [0.29, 0.717) is 10.7 Å². The minimum atomic E-state index is 0.0366. The largest absolute Gasteiger partial charge is 0.332 e. The number of aromatic nitrogens is 2. The van der Waals surface area contributed by atoms with Crippen LogP contribution in [-0.4, -0.2) is 20.9 Å². The number of rotatable bonds is 3. The lowest BCUT2D eigenvalue weighted by molar-refractivity contribution is 0.101. The van der Waals surface area contributed by atoms with Crippen LogP contribution in [0.3, 0.4) is 0 Å². The van der Waals surface area contributed by atoms with Crippen LogP contribution in [0.1, 0.15) is 17.3 Å². The molecule has 0 fully saturated rings. The Kier molecular flexibility index (Phi) is 4.25. The van der Waals surface area contributed by atoms with E-state index in [1.807, 2.05) is 30.3 Å². The van der Waals surface area contributed by atoms with Gasteiger partial charge in [-0.3, -0.25) is 14.8 Å². The summed E-state index contributed by atoms with van der Waals surface area (Å²) in [5.74, 6) is 0.0366. The number of benzene rings is 2. The molecule has 5 nitrogen and oxygen atoms in total. The fourth-order valence-corrected chi connectivity index (χ4v) is 2.36. The molecule has 0 saturated carbocycles. The number of hydrogen-bond acceptors (Lipinski definition) is 4. The van der Waals surface area contributed by atoms with Crippen LogP contribution in [0.15, 0.2) is 54.9 Å². The van der Waals surface area contributed by atoms with Crippen LogP contribution in [0, 0.1) is 0 Å². The monoisotopic (exact) mass is 322 g/mol. The van der Waals surface area contributed by atoms with Gasteiger partial charge in [0, 0.05) is 29.3 Å². The zero-order valence-electron chi connectivity index (χ0n) is 12.4. The zero-order chi connectivity index (χ0) is 16.2. The van der Waals surface area contributed by atoms with Crippen LogP contribution in [0.5, 0.6) is 0 Å². The van der Waals surface area contributed by atoms with E-state index in [0.717, 1.165) is 22.4 Å². The molecule has 0 unspecified atom stereocenters. The van der Waals surface area contributed by atoms with Crippen molar-refractivity contribution in [1.82, 2.24) is 9.97 Å². The van der Waals surface area contributed by atoms with E-state index >= 15 is 0 Å². The average molecular weight is 322 g/mol. The molecule has 3 rings (SSSR count). The normalized spacial score (nSPS) is 10.3. The fourth-order valence-electron chi connectivity index (χ4n) is 2.12. The van der Waals surface area contributed by atoms with Crippen LogP contribution in [0.4, 0.5) is 11.4 Å². The lowest BCUT2D eigenvalue weighted by atomic mass is 10.1. The second kappa shape index (κ2) is 6.50. The number of Topliss-reactive ketones (excluding diaryl/α,β-unsaturated/α-hetero) is 1. The highest BCUT2D eigenvalue weighted by Crippen LogP contribution is 2.16. The highest BCUT2D eigenvalue weighted by Gasteiger charge is 2.03. The average Bonchev–Trinajstić information content (AvgIpc) is 2.55. The van der Waals surface area contributed by atoms with Gasteiger partial charge in [0.15, 0.2) is 10.9 Å². The number of ketones is 1. The van der Waals surface area contributed by atoms with E-state index in [9.17, 15) is 4.79 Å². The van der Waals surface area contributed by atoms with Crippen molar-refractivity contribution in [2.45, 2.75) is 6.92 Å². The van der Waals surface area contributed by atoms with Gasteiger partial charge in [-0.25, -0.2) is 0 Å². The summed E-state index contributed by atoms with van der Waals surface area (Å²) >= 11 is 5.30. The highest BCUT2D eigenvalue weighted by molar-refractivity contribution is 7.80. The summed E-state index contributed by atoms with van der Waals surface area (Å²) in [6, 6.07) is 12.8. The van der Waals surface area contributed by atoms with E-state index in [-0.39, 0.29) is 5.78 Å². The maximum atomic E-state index is 11.3. The lowest BCUT2D eigenvalue weighted by Gasteiger charge is -2.11. The first-order chi connectivity index (χ1) is 11.1. The Hall–Kier alpha value is -2.86. The van der Waals surface area contributed by atoms with E-state index in [1.54, 1.807) is 24.5 Å². The van der Waals surface area contributed by atoms with Crippen LogP contribution in [0.2, 0.25) is 0 Å². The summed E-state index contributed by atoms with van der Waals surface area (Å²) in [5, 5.41) is 6.64. The molecule has 0 aliphatic heterocycles. The maximum absolute atomic E-state index is 11.3. The molecule has 0 aliphatic rings. The summed E-state index contributed by atoms with van der Waals surface area (Å²) < 4.78 is 0. The lowest BCUT2D eigenvalue weighted by Crippen LogP contribution is -2.19. The third kappa shape index (κ3) is 3.67. The van der Waals surface area contributed by atoms with Crippen LogP contribution in [0.25, 0.3) is 11.0 Å². The van der Waals surface area contributed by atoms with Crippen molar-refractivity contribution in [2.24, 2.45) is 0 Å². The van der Waals surface area contributed by atoms with Gasteiger partial charge in [0.1, 0.15) is 0 Å². The highest BCUT2D eigenvalue weighted by atomic mass is 32.1. The number of nitrogens with zero attached hydrogens (tertiary/aromatic N) is 2. The van der Waals surface area contributed by atoms with Gasteiger partial charge < -0.3 is 10.6 Å². The van der Waals surface area contributed by atoms with Gasteiger partial charge in [0.2, 0.25) is 0 Å². The molecule has 0 radical (unpaired) electrons. The van der Waals surface area contributed by atoms with Crippen molar-refractivity contribution < 1.29 is 4.79 Å². The molecule has 0 saturated heterocycles. The van der Waals surface area contributed by atoms with Crippen LogP contribution in [-0.2, 0) is 0 Å². The number of thiocarbonyl (C=S) groups is 1. The molecular weight excluding hydrogens is 308 g/mol. The third-order valence-corrected chi connectivity index (χ3v) is 3.48. The number of anilines is 2. The molecule has 1 aromatic heterocycles. The van der Waals surface area contributed by atoms with Crippen LogP contribution < -0.4 is 10.6 Å². The smallest absolute Gasteiger partial charge is 0.175 e. The molecule has 6 heteroatoms. The van der Waals surface area contributed by atoms with Crippen molar-refractivity contribution >= 4 is 45.5 Å². The van der Waals surface area contributed by atoms with E-state index in [4.69, 9.17) is 12.2 Å². The quantitative estimate of drug-likeness (QED) is 0.567. The summed E-state index contributed by atoms with van der Waals surface area (Å²) in [7, 11) is 0. The Labute approximate surface area is 138 Å². The number of nitrogens with one attached hydrogen (secondary N) is 2. The first-order valence-electron chi connectivity index (χ1n) is 7.01. The van der Waals surface area contributed by atoms with E-state index < -0.39 is 0 Å². The van der Waals surface area contributed by atoms with E-state index in [2.05, 4.69) is 20.6 Å². The van der Waals surface area contributed by atoms with Crippen molar-refractivity contribution in [2.75, 3.05) is 10.6 Å². The van der Waals surface area contributed by atoms with Gasteiger partial charge in [-0.2, -0.15) is 0 Å². The third-order valence-electron chi connectivity index (χ3n) is 3.28. The topological polar surface area (TPSA) is 66.9 Å². The molecule has 114 valence electrons. The number of carbonyl (C=O) groups excluding carboxylic acids is 1. The fraction of sp³-hybridized carbons (Fsp3) is 0.0588. The Morgan fingerprint density at radius 1 is 0.913 bits per heavy atom. The molecule has 3 aromatic rings. The Morgan fingerprint density at radius 3 is 2.22 bits per heavy atom. The minimum Gasteiger partial charge on any atom is -0.332 e. The summed E-state index contributed by atoms with van der Waals surface area (Å²) in [4.78, 5) is 19.7. The van der Waals surface area contributed by atoms with Crippen LogP contribution >= 0.6 is 12.2 Å². The first kappa shape index (κ1) is 15.1. The summed E-state index contributed by atoms with van der Waals surface area (Å²) in [5.41, 5.74) is 3.94. The number of fused-ring (bicyclic) bond motifs is 1. The van der Waals surface area contributed by atoms with Gasteiger partial charge in [-0.05, 0) is 61.6 Å². The first-order valence-corrected chi connectivity index (χ1v) is 7.42. The Morgan fingerprint density at radius 2 is 1.52 bits per heavy atom. The van der Waals surface area contributed by atoms with Gasteiger partial charge in [-0.15, -0.1) is 0 Å². The van der Waals surface area contributed by atoms with Crippen molar-refractivity contribution in [3.8, 4) is 0 Å². The van der Waals surface area contributed by atoms with Gasteiger partial charge in [0.25, 0.3) is 0 Å². The molecule has 2 aromatic carbocycles. The molecule has 0 spiro atoms. The van der Waals surface area contributed by atoms with Gasteiger partial charge in [0.05, 0.1) is 11.0 Å². The molecule has 1 heterocycles. The number of hydrogen-bond donors (Lipinski definition) is 2. The molecule has 0 aliphatic carbocycles. The SMILES string of the molecule is CC(=O)c1ccc(NC(=S)Nc2ccc3nccnc3c2)cc1. The maximum Gasteiger partial charge on any atom is 0.175 e. The Bertz CT molecular complexity index is 877. The second-order valence-electron chi connectivity index (χ2n) is 4.97. The molecule has 23 heavy (non-hydrogen) atoms. The van der Waals surface area contributed by atoms with Gasteiger partial charge in [-0.1, -0.05) is 0 Å². The van der Waals surface area contributed by atoms with E-state index in [1.165, 1.54) is 6.92 Å². The predicted molar refractivity (Wildman–Crippen MR) is 95.8 cm³/mol. The molecule has 0 bridgehead atoms. The molecular formula is C17H14N4OS. The summed E-state index contributed by atoms with van der Waals surface area (Å²) in [6.45, 7) is 1.54. The van der Waals surface area contributed by atoms with Gasteiger partial charge >= 0.3 is 0 Å². The Balaban J connectivity index is 1.69. The standard InChI is InChI=1S/C17H14N4OS/c1-11(22)12-2-4-13(5-3-12)20-17(23)21-14-6-7-15-16(10-14)19-9-8-18-15/h2-10H,1H3,(H2,20,21,23). The molecule has 0 amide bonds. The second-order valence-corrected chi connectivity index (χ2v) is 5.38. The van der Waals surface area contributed by atoms with Crippen molar-refractivity contribution in [3.05, 3.63) is 60.4 Å². The predicted octanol–water partition coefficient (Wildman–Crippen LogP) is 3.64.